The monoisotopic (exact) mass is 297 g/mol. The smallest absolute Gasteiger partial charge is 0.180 e. The number of anilines is 1. The molecule has 1 aliphatic heterocycles. The molecular formula is C17H19N3S. The molecule has 108 valence electrons. The molecule has 1 aromatic heterocycles. The zero-order valence-corrected chi connectivity index (χ0v) is 12.7. The van der Waals surface area contributed by atoms with E-state index < -0.39 is 0 Å². The number of thiazole rings is 1. The Morgan fingerprint density at radius 2 is 2.14 bits per heavy atom. The zero-order valence-electron chi connectivity index (χ0n) is 11.9. The van der Waals surface area contributed by atoms with Crippen LogP contribution in [-0.2, 0) is 0 Å². The molecule has 4 heteroatoms. The van der Waals surface area contributed by atoms with Crippen molar-refractivity contribution in [3.05, 3.63) is 59.1 Å². The van der Waals surface area contributed by atoms with E-state index in [1.165, 1.54) is 22.5 Å². The van der Waals surface area contributed by atoms with Gasteiger partial charge in [-0.25, -0.2) is 4.98 Å². The summed E-state index contributed by atoms with van der Waals surface area (Å²) in [5, 5.41) is 2.70. The van der Waals surface area contributed by atoms with Crippen molar-refractivity contribution in [2.45, 2.75) is 6.42 Å². The molecule has 0 aliphatic carbocycles. The molecule has 0 fully saturated rings. The summed E-state index contributed by atoms with van der Waals surface area (Å²) in [5.74, 6) is 0. The summed E-state index contributed by atoms with van der Waals surface area (Å²) < 4.78 is 0. The summed E-state index contributed by atoms with van der Waals surface area (Å²) in [6.45, 7) is 3.03. The van der Waals surface area contributed by atoms with Crippen LogP contribution in [0.1, 0.15) is 17.7 Å². The van der Waals surface area contributed by atoms with Crippen molar-refractivity contribution >= 4 is 28.1 Å². The van der Waals surface area contributed by atoms with Gasteiger partial charge in [-0.3, -0.25) is 4.90 Å². The summed E-state index contributed by atoms with van der Waals surface area (Å²) in [5.41, 5.74) is 9.33. The summed E-state index contributed by atoms with van der Waals surface area (Å²) in [6.07, 6.45) is 7.73. The van der Waals surface area contributed by atoms with Gasteiger partial charge in [0.25, 0.3) is 0 Å². The highest BCUT2D eigenvalue weighted by Gasteiger charge is 2.13. The summed E-state index contributed by atoms with van der Waals surface area (Å²) in [4.78, 5) is 6.79. The largest absolute Gasteiger partial charge is 0.375 e. The van der Waals surface area contributed by atoms with E-state index in [2.05, 4.69) is 52.4 Å². The number of benzene rings is 1. The molecule has 3 nitrogen and oxygen atoms in total. The molecule has 0 amide bonds. The molecule has 3 rings (SSSR count). The van der Waals surface area contributed by atoms with E-state index in [0.29, 0.717) is 5.13 Å². The van der Waals surface area contributed by atoms with Crippen LogP contribution < -0.4 is 5.73 Å². The molecule has 2 heterocycles. The lowest BCUT2D eigenvalue weighted by Gasteiger charge is -2.24. The average molecular weight is 297 g/mol. The number of aromatic nitrogens is 1. The van der Waals surface area contributed by atoms with Gasteiger partial charge >= 0.3 is 0 Å². The van der Waals surface area contributed by atoms with E-state index in [4.69, 9.17) is 5.73 Å². The fourth-order valence-corrected chi connectivity index (χ4v) is 3.03. The lowest BCUT2D eigenvalue weighted by Crippen LogP contribution is -2.28. The van der Waals surface area contributed by atoms with Crippen LogP contribution in [0.2, 0.25) is 0 Å². The van der Waals surface area contributed by atoms with Gasteiger partial charge in [0.2, 0.25) is 0 Å². The van der Waals surface area contributed by atoms with Crippen molar-refractivity contribution in [2.75, 3.05) is 25.4 Å². The van der Waals surface area contributed by atoms with Crippen LogP contribution in [0.15, 0.2) is 47.9 Å². The molecule has 0 radical (unpaired) electrons. The van der Waals surface area contributed by atoms with Crippen molar-refractivity contribution in [2.24, 2.45) is 0 Å². The second-order valence-electron chi connectivity index (χ2n) is 5.12. The van der Waals surface area contributed by atoms with E-state index in [-0.39, 0.29) is 0 Å². The van der Waals surface area contributed by atoms with Gasteiger partial charge in [-0.1, -0.05) is 48.6 Å². The molecule has 0 unspecified atom stereocenters. The minimum Gasteiger partial charge on any atom is -0.375 e. The number of hydrogen-bond donors (Lipinski definition) is 1. The van der Waals surface area contributed by atoms with E-state index in [9.17, 15) is 0 Å². The standard InChI is InChI=1S/C17H19N3S/c18-17-19-16(13-21-17)15-8-11-20(12-9-15)10-4-7-14-5-2-1-3-6-14/h1-8,13H,9-12H2,(H2,18,19). The lowest BCUT2D eigenvalue weighted by atomic mass is 10.1. The predicted molar refractivity (Wildman–Crippen MR) is 91.0 cm³/mol. The van der Waals surface area contributed by atoms with Gasteiger partial charge in [-0.15, -0.1) is 11.3 Å². The molecule has 0 saturated heterocycles. The van der Waals surface area contributed by atoms with E-state index in [1.807, 2.05) is 11.4 Å². The Hall–Kier alpha value is -1.91. The number of nitrogen functional groups attached to an aromatic ring is 1. The fraction of sp³-hybridized carbons (Fsp3) is 0.235. The van der Waals surface area contributed by atoms with Gasteiger partial charge in [0.05, 0.1) is 5.69 Å². The van der Waals surface area contributed by atoms with Gasteiger partial charge in [-0.05, 0) is 17.6 Å². The van der Waals surface area contributed by atoms with Crippen molar-refractivity contribution < 1.29 is 0 Å². The maximum atomic E-state index is 5.69. The number of rotatable bonds is 4. The highest BCUT2D eigenvalue weighted by atomic mass is 32.1. The summed E-state index contributed by atoms with van der Waals surface area (Å²) >= 11 is 1.51. The van der Waals surface area contributed by atoms with E-state index >= 15 is 0 Å². The predicted octanol–water partition coefficient (Wildman–Crippen LogP) is 3.53. The average Bonchev–Trinajstić information content (AvgIpc) is 2.96. The minimum atomic E-state index is 0.652. The van der Waals surface area contributed by atoms with Crippen LogP contribution in [0, 0.1) is 0 Å². The van der Waals surface area contributed by atoms with Crippen molar-refractivity contribution in [1.29, 1.82) is 0 Å². The van der Waals surface area contributed by atoms with Gasteiger partial charge in [0.1, 0.15) is 0 Å². The highest BCUT2D eigenvalue weighted by Crippen LogP contribution is 2.24. The lowest BCUT2D eigenvalue weighted by molar-refractivity contribution is 0.335. The van der Waals surface area contributed by atoms with Gasteiger partial charge in [-0.2, -0.15) is 0 Å². The maximum absolute atomic E-state index is 5.69. The minimum absolute atomic E-state index is 0.652. The molecular weight excluding hydrogens is 278 g/mol. The Morgan fingerprint density at radius 3 is 2.81 bits per heavy atom. The normalized spacial score (nSPS) is 16.3. The Labute approximate surface area is 129 Å². The van der Waals surface area contributed by atoms with Crippen LogP contribution in [0.25, 0.3) is 11.6 Å². The SMILES string of the molecule is Nc1nc(C2=CCN(CC=Cc3ccccc3)CC2)cs1. The van der Waals surface area contributed by atoms with Crippen molar-refractivity contribution in [3.63, 3.8) is 0 Å². The van der Waals surface area contributed by atoms with Gasteiger partial charge in [0.15, 0.2) is 5.13 Å². The summed E-state index contributed by atoms with van der Waals surface area (Å²) in [6, 6.07) is 10.4. The van der Waals surface area contributed by atoms with Gasteiger partial charge < -0.3 is 5.73 Å². The third-order valence-corrected chi connectivity index (χ3v) is 4.29. The van der Waals surface area contributed by atoms with E-state index in [1.54, 1.807) is 0 Å². The molecule has 0 bridgehead atoms. The molecule has 2 aromatic rings. The Kier molecular flexibility index (Phi) is 4.48. The molecule has 0 saturated carbocycles. The molecule has 21 heavy (non-hydrogen) atoms. The molecule has 0 atom stereocenters. The Bertz CT molecular complexity index is 643. The first kappa shape index (κ1) is 14.0. The van der Waals surface area contributed by atoms with Crippen LogP contribution in [0.3, 0.4) is 0 Å². The van der Waals surface area contributed by atoms with Crippen LogP contribution in [0.5, 0.6) is 0 Å². The maximum Gasteiger partial charge on any atom is 0.180 e. The van der Waals surface area contributed by atoms with E-state index in [0.717, 1.165) is 31.7 Å². The van der Waals surface area contributed by atoms with Crippen LogP contribution in [0.4, 0.5) is 5.13 Å². The second-order valence-corrected chi connectivity index (χ2v) is 6.01. The van der Waals surface area contributed by atoms with Crippen molar-refractivity contribution in [3.8, 4) is 0 Å². The number of nitrogens with two attached hydrogens (primary N) is 1. The third-order valence-electron chi connectivity index (χ3n) is 3.62. The first-order valence-electron chi connectivity index (χ1n) is 7.15. The fourth-order valence-electron chi connectivity index (χ4n) is 2.45. The van der Waals surface area contributed by atoms with Crippen molar-refractivity contribution in [1.82, 2.24) is 9.88 Å². The molecule has 0 spiro atoms. The highest BCUT2D eigenvalue weighted by molar-refractivity contribution is 7.13. The number of hydrogen-bond acceptors (Lipinski definition) is 4. The molecule has 1 aliphatic rings. The third kappa shape index (κ3) is 3.80. The second kappa shape index (κ2) is 6.70. The quantitative estimate of drug-likeness (QED) is 0.938. The van der Waals surface area contributed by atoms with Gasteiger partial charge in [0, 0.05) is 25.0 Å². The first-order chi connectivity index (χ1) is 10.3. The summed E-state index contributed by atoms with van der Waals surface area (Å²) in [7, 11) is 0. The van der Waals surface area contributed by atoms with Crippen LogP contribution >= 0.6 is 11.3 Å². The Morgan fingerprint density at radius 1 is 1.29 bits per heavy atom. The topological polar surface area (TPSA) is 42.1 Å². The Balaban J connectivity index is 1.54. The molecule has 2 N–H and O–H groups in total. The van der Waals surface area contributed by atoms with Crippen LogP contribution in [-0.4, -0.2) is 29.5 Å². The zero-order chi connectivity index (χ0) is 14.5. The number of nitrogens with zero attached hydrogens (tertiary/aromatic N) is 2. The first-order valence-corrected chi connectivity index (χ1v) is 8.03. The molecule has 1 aromatic carbocycles.